The van der Waals surface area contributed by atoms with Gasteiger partial charge in [0.1, 0.15) is 6.23 Å². The van der Waals surface area contributed by atoms with Crippen molar-refractivity contribution in [3.05, 3.63) is 0 Å². The van der Waals surface area contributed by atoms with Gasteiger partial charge in [-0.3, -0.25) is 9.69 Å². The predicted molar refractivity (Wildman–Crippen MR) is 48.2 cm³/mol. The van der Waals surface area contributed by atoms with E-state index in [2.05, 4.69) is 10.2 Å². The molecule has 0 spiro atoms. The largest absolute Gasteiger partial charge is 0.360 e. The molecule has 0 saturated carbocycles. The molecule has 2 fully saturated rings. The van der Waals surface area contributed by atoms with Crippen LogP contribution in [0.5, 0.6) is 0 Å². The van der Waals surface area contributed by atoms with Crippen molar-refractivity contribution in [2.45, 2.75) is 31.5 Å². The second-order valence-corrected chi connectivity index (χ2v) is 3.74. The van der Waals surface area contributed by atoms with Crippen molar-refractivity contribution < 1.29 is 9.53 Å². The molecular formula is C9H16N2O2. The van der Waals surface area contributed by atoms with E-state index in [-0.39, 0.29) is 18.2 Å². The second-order valence-electron chi connectivity index (χ2n) is 3.74. The number of nitrogens with zero attached hydrogens (tertiary/aromatic N) is 1. The van der Waals surface area contributed by atoms with Crippen molar-refractivity contribution in [3.63, 3.8) is 0 Å². The number of methoxy groups -OCH3 is 1. The van der Waals surface area contributed by atoms with Gasteiger partial charge >= 0.3 is 0 Å². The Balaban J connectivity index is 1.99. The zero-order valence-corrected chi connectivity index (χ0v) is 7.95. The van der Waals surface area contributed by atoms with Gasteiger partial charge in [0, 0.05) is 13.5 Å². The van der Waals surface area contributed by atoms with Gasteiger partial charge in [-0.1, -0.05) is 0 Å². The molecule has 0 unspecified atom stereocenters. The van der Waals surface area contributed by atoms with Crippen LogP contribution in [0.1, 0.15) is 19.3 Å². The number of ether oxygens (including phenoxy) is 1. The molecule has 0 aromatic rings. The quantitative estimate of drug-likeness (QED) is 0.654. The van der Waals surface area contributed by atoms with Gasteiger partial charge < -0.3 is 10.1 Å². The van der Waals surface area contributed by atoms with Gasteiger partial charge in [0.15, 0.2) is 0 Å². The van der Waals surface area contributed by atoms with Crippen LogP contribution in [0.25, 0.3) is 0 Å². The molecule has 0 aromatic carbocycles. The van der Waals surface area contributed by atoms with Crippen LogP contribution in [-0.2, 0) is 9.53 Å². The molecular weight excluding hydrogens is 168 g/mol. The van der Waals surface area contributed by atoms with E-state index in [9.17, 15) is 4.79 Å². The third-order valence-corrected chi connectivity index (χ3v) is 2.91. The second kappa shape index (κ2) is 3.64. The highest BCUT2D eigenvalue weighted by Gasteiger charge is 2.37. The number of hydrogen-bond acceptors (Lipinski definition) is 3. The Bertz CT molecular complexity index is 202. The van der Waals surface area contributed by atoms with Crippen molar-refractivity contribution in [3.8, 4) is 0 Å². The van der Waals surface area contributed by atoms with Crippen LogP contribution in [0.4, 0.5) is 0 Å². The average molecular weight is 184 g/mol. The number of likely N-dealkylation sites (tertiary alicyclic amines) is 1. The summed E-state index contributed by atoms with van der Waals surface area (Å²) in [6.07, 6.45) is 3.01. The van der Waals surface area contributed by atoms with Gasteiger partial charge in [0.05, 0.1) is 6.04 Å². The van der Waals surface area contributed by atoms with Crippen LogP contribution in [0.2, 0.25) is 0 Å². The predicted octanol–water partition coefficient (Wildman–Crippen LogP) is -0.0568. The van der Waals surface area contributed by atoms with Crippen molar-refractivity contribution >= 4 is 5.91 Å². The van der Waals surface area contributed by atoms with Crippen LogP contribution in [0.15, 0.2) is 0 Å². The molecule has 2 atom stereocenters. The van der Waals surface area contributed by atoms with Gasteiger partial charge in [0.2, 0.25) is 5.91 Å². The first-order valence-corrected chi connectivity index (χ1v) is 4.87. The molecule has 4 heteroatoms. The molecule has 13 heavy (non-hydrogen) atoms. The summed E-state index contributed by atoms with van der Waals surface area (Å²) in [6.45, 7) is 2.22. The number of carbonyl (C=O) groups excluding carboxylic acids is 1. The Kier molecular flexibility index (Phi) is 2.51. The Morgan fingerprint density at radius 2 is 2.15 bits per heavy atom. The first kappa shape index (κ1) is 8.97. The summed E-state index contributed by atoms with van der Waals surface area (Å²) in [5.74, 6) is 0.115. The van der Waals surface area contributed by atoms with Crippen molar-refractivity contribution in [1.82, 2.24) is 10.2 Å². The fourth-order valence-electron chi connectivity index (χ4n) is 2.22. The number of carbonyl (C=O) groups is 1. The number of hydrogen-bond donors (Lipinski definition) is 1. The van der Waals surface area contributed by atoms with E-state index in [1.165, 1.54) is 12.8 Å². The topological polar surface area (TPSA) is 41.6 Å². The van der Waals surface area contributed by atoms with Gasteiger partial charge in [-0.2, -0.15) is 0 Å². The van der Waals surface area contributed by atoms with E-state index in [0.29, 0.717) is 6.42 Å². The van der Waals surface area contributed by atoms with Crippen molar-refractivity contribution in [2.24, 2.45) is 0 Å². The summed E-state index contributed by atoms with van der Waals surface area (Å²) in [7, 11) is 1.65. The zero-order chi connectivity index (χ0) is 9.26. The monoisotopic (exact) mass is 184 g/mol. The summed E-state index contributed by atoms with van der Waals surface area (Å²) in [6, 6.07) is 0.264. The van der Waals surface area contributed by atoms with E-state index in [1.807, 2.05) is 0 Å². The molecule has 1 N–H and O–H groups in total. The van der Waals surface area contributed by atoms with Crippen molar-refractivity contribution in [1.29, 1.82) is 0 Å². The van der Waals surface area contributed by atoms with Crippen LogP contribution in [0, 0.1) is 0 Å². The maximum atomic E-state index is 11.2. The van der Waals surface area contributed by atoms with Gasteiger partial charge in [-0.25, -0.2) is 0 Å². The molecule has 0 bridgehead atoms. The Labute approximate surface area is 78.2 Å². The molecule has 1 amide bonds. The lowest BCUT2D eigenvalue weighted by atomic mass is 10.2. The molecule has 2 heterocycles. The zero-order valence-electron chi connectivity index (χ0n) is 7.95. The molecule has 2 rings (SSSR count). The number of amides is 1. The highest BCUT2D eigenvalue weighted by atomic mass is 16.5. The van der Waals surface area contributed by atoms with Crippen LogP contribution < -0.4 is 5.32 Å². The van der Waals surface area contributed by atoms with E-state index in [1.54, 1.807) is 7.11 Å². The van der Waals surface area contributed by atoms with Gasteiger partial charge in [-0.05, 0) is 25.9 Å². The van der Waals surface area contributed by atoms with E-state index in [4.69, 9.17) is 4.74 Å². The molecule has 2 saturated heterocycles. The van der Waals surface area contributed by atoms with Crippen LogP contribution in [0.3, 0.4) is 0 Å². The first-order chi connectivity index (χ1) is 6.31. The number of rotatable bonds is 2. The van der Waals surface area contributed by atoms with E-state index >= 15 is 0 Å². The van der Waals surface area contributed by atoms with Crippen molar-refractivity contribution in [2.75, 3.05) is 20.2 Å². The minimum Gasteiger partial charge on any atom is -0.360 e. The first-order valence-electron chi connectivity index (χ1n) is 4.87. The standard InChI is InChI=1S/C9H16N2O2/c1-13-9-7(6-8(12)10-9)11-4-2-3-5-11/h7,9H,2-6H2,1H3,(H,10,12)/t7-,9+/m0/s1. The summed E-state index contributed by atoms with van der Waals surface area (Å²) < 4.78 is 5.23. The summed E-state index contributed by atoms with van der Waals surface area (Å²) >= 11 is 0. The average Bonchev–Trinajstić information content (AvgIpc) is 2.71. The fraction of sp³-hybridized carbons (Fsp3) is 0.889. The maximum Gasteiger partial charge on any atom is 0.223 e. The summed E-state index contributed by atoms with van der Waals surface area (Å²) in [5, 5.41) is 2.83. The Hall–Kier alpha value is -0.610. The lowest BCUT2D eigenvalue weighted by Gasteiger charge is -2.26. The lowest BCUT2D eigenvalue weighted by molar-refractivity contribution is -0.120. The van der Waals surface area contributed by atoms with E-state index < -0.39 is 0 Å². The fourth-order valence-corrected chi connectivity index (χ4v) is 2.22. The number of nitrogens with one attached hydrogen (secondary N) is 1. The smallest absolute Gasteiger partial charge is 0.223 e. The SMILES string of the molecule is CO[C@H]1NC(=O)C[C@@H]1N1CCCC1. The molecule has 0 aliphatic carbocycles. The lowest BCUT2D eigenvalue weighted by Crippen LogP contribution is -2.43. The summed E-state index contributed by atoms with van der Waals surface area (Å²) in [5.41, 5.74) is 0. The minimum absolute atomic E-state index is 0.0920. The van der Waals surface area contributed by atoms with E-state index in [0.717, 1.165) is 13.1 Å². The molecule has 0 radical (unpaired) electrons. The third kappa shape index (κ3) is 1.69. The van der Waals surface area contributed by atoms with Gasteiger partial charge in [0.25, 0.3) is 0 Å². The van der Waals surface area contributed by atoms with Crippen LogP contribution in [-0.4, -0.2) is 43.3 Å². The molecule has 4 nitrogen and oxygen atoms in total. The molecule has 2 aliphatic heterocycles. The Morgan fingerprint density at radius 1 is 1.46 bits per heavy atom. The summed E-state index contributed by atoms with van der Waals surface area (Å²) in [4.78, 5) is 13.5. The third-order valence-electron chi connectivity index (χ3n) is 2.91. The normalized spacial score (nSPS) is 35.3. The molecule has 74 valence electrons. The maximum absolute atomic E-state index is 11.2. The Morgan fingerprint density at radius 3 is 2.77 bits per heavy atom. The molecule has 2 aliphatic rings. The highest BCUT2D eigenvalue weighted by Crippen LogP contribution is 2.20. The highest BCUT2D eigenvalue weighted by molar-refractivity contribution is 5.79. The van der Waals surface area contributed by atoms with Crippen LogP contribution >= 0.6 is 0 Å². The molecule has 0 aromatic heterocycles. The van der Waals surface area contributed by atoms with Gasteiger partial charge in [-0.15, -0.1) is 0 Å². The minimum atomic E-state index is -0.0920.